The molecule has 2 aromatic heterocycles. The zero-order valence-corrected chi connectivity index (χ0v) is 16.2. The first-order chi connectivity index (χ1) is 14.2. The Bertz CT molecular complexity index is 1360. The smallest absolute Gasteiger partial charge is 0.332 e. The van der Waals surface area contributed by atoms with Crippen LogP contribution in [0.1, 0.15) is 34.2 Å². The van der Waals surface area contributed by atoms with E-state index in [-0.39, 0.29) is 23.1 Å². The Labute approximate surface area is 168 Å². The van der Waals surface area contributed by atoms with E-state index in [0.717, 1.165) is 9.13 Å². The van der Waals surface area contributed by atoms with Gasteiger partial charge in [0, 0.05) is 19.0 Å². The summed E-state index contributed by atoms with van der Waals surface area (Å²) in [5.74, 6) is -2.82. The number of nitrogens with two attached hydrogens (primary N) is 1. The zero-order chi connectivity index (χ0) is 22.2. The molecule has 0 atom stereocenters. The van der Waals surface area contributed by atoms with Crippen LogP contribution in [0.4, 0.5) is 5.82 Å². The van der Waals surface area contributed by atoms with Crippen LogP contribution in [0.3, 0.4) is 0 Å². The second-order valence-corrected chi connectivity index (χ2v) is 6.63. The number of nitrogens with zero attached hydrogens (tertiary/aromatic N) is 4. The van der Waals surface area contributed by atoms with Crippen molar-refractivity contribution in [3.05, 3.63) is 66.7 Å². The second kappa shape index (κ2) is 7.78. The number of aromatic carboxylic acids is 1. The number of Topliss-reactive ketones (excluding diaryl/α,β-unsaturated/α-hetero) is 1. The van der Waals surface area contributed by atoms with Gasteiger partial charge < -0.3 is 15.6 Å². The number of fused-ring (bicyclic) bond motifs is 1. The van der Waals surface area contributed by atoms with Crippen LogP contribution in [0, 0.1) is 0 Å². The van der Waals surface area contributed by atoms with E-state index in [4.69, 9.17) is 5.73 Å². The monoisotopic (exact) mass is 412 g/mol. The van der Waals surface area contributed by atoms with E-state index in [0.29, 0.717) is 11.1 Å². The van der Waals surface area contributed by atoms with E-state index in [1.807, 2.05) is 0 Å². The van der Waals surface area contributed by atoms with Gasteiger partial charge in [-0.1, -0.05) is 25.1 Å². The van der Waals surface area contributed by atoms with Crippen molar-refractivity contribution in [1.82, 2.24) is 18.9 Å². The fourth-order valence-corrected chi connectivity index (χ4v) is 3.19. The number of anilines is 1. The van der Waals surface area contributed by atoms with Crippen LogP contribution in [0.2, 0.25) is 0 Å². The molecule has 2 N–H and O–H groups in total. The summed E-state index contributed by atoms with van der Waals surface area (Å²) in [7, 11) is 1.21. The lowest BCUT2D eigenvalue weighted by Gasteiger charge is -2.15. The van der Waals surface area contributed by atoms with Gasteiger partial charge in [-0.25, -0.2) is 9.48 Å². The normalized spacial score (nSPS) is 11.0. The van der Waals surface area contributed by atoms with E-state index >= 15 is 0 Å². The number of ketones is 1. The van der Waals surface area contributed by atoms with Crippen LogP contribution < -0.4 is 27.6 Å². The van der Waals surface area contributed by atoms with Gasteiger partial charge in [0.1, 0.15) is 23.6 Å². The lowest BCUT2D eigenvalue weighted by molar-refractivity contribution is -0.255. The van der Waals surface area contributed by atoms with E-state index in [1.165, 1.54) is 31.3 Å². The SMILES string of the molecule is CCCn1c(N)c(C(=O)Cn2nc(C(=O)[O-])c3ccccc3c2=O)c(=O)n(C)c1=O. The standard InChI is InChI=1S/C19H19N5O6/c1-3-8-23-15(20)13(17(27)22(2)19(23)30)12(25)9-24-16(26)11-7-5-4-6-10(11)14(21-24)18(28)29/h4-7H,3,8-9,20H2,1-2H3,(H,28,29)/p-1. The molecule has 0 saturated heterocycles. The van der Waals surface area contributed by atoms with Gasteiger partial charge in [0.15, 0.2) is 5.78 Å². The molecule has 30 heavy (non-hydrogen) atoms. The number of carboxylic acid groups (broad SMARTS) is 1. The zero-order valence-electron chi connectivity index (χ0n) is 16.2. The number of carbonyl (C=O) groups excluding carboxylic acids is 2. The van der Waals surface area contributed by atoms with E-state index in [2.05, 4.69) is 5.10 Å². The number of hydrogen-bond acceptors (Lipinski definition) is 8. The van der Waals surface area contributed by atoms with Gasteiger partial charge >= 0.3 is 5.69 Å². The summed E-state index contributed by atoms with van der Waals surface area (Å²) in [4.78, 5) is 61.8. The molecule has 0 radical (unpaired) electrons. The first kappa shape index (κ1) is 20.7. The van der Waals surface area contributed by atoms with E-state index in [9.17, 15) is 29.1 Å². The molecule has 2 heterocycles. The van der Waals surface area contributed by atoms with Crippen LogP contribution >= 0.6 is 0 Å². The van der Waals surface area contributed by atoms with Crippen molar-refractivity contribution in [3.8, 4) is 0 Å². The lowest BCUT2D eigenvalue weighted by Crippen LogP contribution is -2.43. The number of benzene rings is 1. The molecule has 3 rings (SSSR count). The Balaban J connectivity index is 2.19. The number of carbonyl (C=O) groups is 2. The fraction of sp³-hybridized carbons (Fsp3) is 0.263. The summed E-state index contributed by atoms with van der Waals surface area (Å²) < 4.78 is 2.49. The minimum Gasteiger partial charge on any atom is -0.543 e. The summed E-state index contributed by atoms with van der Waals surface area (Å²) in [5.41, 5.74) is 2.62. The van der Waals surface area contributed by atoms with Crippen molar-refractivity contribution < 1.29 is 14.7 Å². The summed E-state index contributed by atoms with van der Waals surface area (Å²) in [6, 6.07) is 5.85. The highest BCUT2D eigenvalue weighted by molar-refractivity contribution is 6.01. The summed E-state index contributed by atoms with van der Waals surface area (Å²) in [6.45, 7) is 1.23. The molecule has 0 spiro atoms. The molecule has 0 unspecified atom stereocenters. The topological polar surface area (TPSA) is 162 Å². The molecule has 11 heteroatoms. The van der Waals surface area contributed by atoms with Gasteiger partial charge in [-0.3, -0.25) is 23.5 Å². The molecular formula is C19H18N5O6-. The van der Waals surface area contributed by atoms with Gasteiger partial charge in [-0.05, 0) is 12.5 Å². The third-order valence-corrected chi connectivity index (χ3v) is 4.66. The minimum absolute atomic E-state index is 0.0244. The molecular weight excluding hydrogens is 394 g/mol. The van der Waals surface area contributed by atoms with E-state index in [1.54, 1.807) is 6.92 Å². The molecule has 0 aliphatic carbocycles. The second-order valence-electron chi connectivity index (χ2n) is 6.63. The summed E-state index contributed by atoms with van der Waals surface area (Å²) in [5, 5.41) is 15.3. The molecule has 3 aromatic rings. The van der Waals surface area contributed by atoms with Gasteiger partial charge in [-0.2, -0.15) is 5.10 Å². The first-order valence-electron chi connectivity index (χ1n) is 9.02. The average Bonchev–Trinajstić information content (AvgIpc) is 2.71. The predicted molar refractivity (Wildman–Crippen MR) is 105 cm³/mol. The summed E-state index contributed by atoms with van der Waals surface area (Å²) in [6.07, 6.45) is 0.524. The molecule has 0 amide bonds. The van der Waals surface area contributed by atoms with Crippen LogP contribution in [0.25, 0.3) is 10.8 Å². The molecule has 1 aromatic carbocycles. The molecule has 11 nitrogen and oxygen atoms in total. The molecule has 0 saturated carbocycles. The van der Waals surface area contributed by atoms with Crippen LogP contribution in [0.15, 0.2) is 38.6 Å². The first-order valence-corrected chi connectivity index (χ1v) is 9.02. The molecule has 0 bridgehead atoms. The summed E-state index contributed by atoms with van der Waals surface area (Å²) >= 11 is 0. The molecule has 0 aliphatic heterocycles. The highest BCUT2D eigenvalue weighted by atomic mass is 16.4. The van der Waals surface area contributed by atoms with Crippen LogP contribution in [-0.2, 0) is 20.1 Å². The maximum absolute atomic E-state index is 12.9. The van der Waals surface area contributed by atoms with Crippen molar-refractivity contribution in [2.24, 2.45) is 7.05 Å². The van der Waals surface area contributed by atoms with Crippen molar-refractivity contribution >= 4 is 28.3 Å². The number of aromatic nitrogens is 4. The highest BCUT2D eigenvalue weighted by Crippen LogP contribution is 2.13. The third-order valence-electron chi connectivity index (χ3n) is 4.66. The maximum Gasteiger partial charge on any atom is 0.332 e. The average molecular weight is 412 g/mol. The lowest BCUT2D eigenvalue weighted by atomic mass is 10.1. The van der Waals surface area contributed by atoms with Gasteiger partial charge in [-0.15, -0.1) is 0 Å². The predicted octanol–water partition coefficient (Wildman–Crippen LogP) is -1.50. The number of rotatable bonds is 6. The Hall–Kier alpha value is -4.02. The van der Waals surface area contributed by atoms with E-state index < -0.39 is 46.4 Å². The largest absolute Gasteiger partial charge is 0.543 e. The third kappa shape index (κ3) is 3.30. The Morgan fingerprint density at radius 1 is 1.10 bits per heavy atom. The Kier molecular flexibility index (Phi) is 5.37. The van der Waals surface area contributed by atoms with Crippen molar-refractivity contribution in [2.75, 3.05) is 5.73 Å². The number of hydrogen-bond donors (Lipinski definition) is 1. The Morgan fingerprint density at radius 2 is 1.73 bits per heavy atom. The van der Waals surface area contributed by atoms with Crippen LogP contribution in [-0.4, -0.2) is 30.7 Å². The fourth-order valence-electron chi connectivity index (χ4n) is 3.19. The maximum atomic E-state index is 12.9. The highest BCUT2D eigenvalue weighted by Gasteiger charge is 2.23. The van der Waals surface area contributed by atoms with Crippen molar-refractivity contribution in [3.63, 3.8) is 0 Å². The van der Waals surface area contributed by atoms with Gasteiger partial charge in [0.2, 0.25) is 0 Å². The number of carboxylic acids is 1. The minimum atomic E-state index is -1.63. The van der Waals surface area contributed by atoms with Gasteiger partial charge in [0.25, 0.3) is 11.1 Å². The quantitative estimate of drug-likeness (QED) is 0.478. The number of nitrogen functional groups attached to an aromatic ring is 1. The Morgan fingerprint density at radius 3 is 2.33 bits per heavy atom. The van der Waals surface area contributed by atoms with Crippen molar-refractivity contribution in [1.29, 1.82) is 0 Å². The van der Waals surface area contributed by atoms with Gasteiger partial charge in [0.05, 0.1) is 11.4 Å². The van der Waals surface area contributed by atoms with Crippen molar-refractivity contribution in [2.45, 2.75) is 26.4 Å². The molecule has 156 valence electrons. The van der Waals surface area contributed by atoms with Crippen LogP contribution in [0.5, 0.6) is 0 Å². The molecule has 0 fully saturated rings. The molecule has 0 aliphatic rings.